The van der Waals surface area contributed by atoms with Crippen LogP contribution < -0.4 is 17.7 Å². The molecule has 0 amide bonds. The maximum atomic E-state index is 10.5. The first kappa shape index (κ1) is 19.9. The fourth-order valence-corrected chi connectivity index (χ4v) is 4.14. The molecule has 0 aliphatic carbocycles. The van der Waals surface area contributed by atoms with Crippen LogP contribution in [0.15, 0.2) is 70.7 Å². The van der Waals surface area contributed by atoms with Gasteiger partial charge in [0.25, 0.3) is 0 Å². The normalized spacial score (nSPS) is 13.9. The van der Waals surface area contributed by atoms with Crippen molar-refractivity contribution in [1.29, 1.82) is 0 Å². The smallest absolute Gasteiger partial charge is 0.130 e. The van der Waals surface area contributed by atoms with E-state index in [1.54, 1.807) is 22.7 Å². The van der Waals surface area contributed by atoms with Crippen LogP contribution in [-0.4, -0.2) is 17.7 Å². The highest BCUT2D eigenvalue weighted by atomic mass is 35.5. The van der Waals surface area contributed by atoms with Gasteiger partial charge in [-0.25, -0.2) is 0 Å². The van der Waals surface area contributed by atoms with Gasteiger partial charge in [-0.05, 0) is 52.4 Å². The number of nitrogens with two attached hydrogens (primary N) is 1. The fraction of sp³-hybridized carbons (Fsp3) is 0.200. The molecule has 2 nitrogen and oxygen atoms in total. The molecule has 3 N–H and O–H groups in total. The zero-order valence-corrected chi connectivity index (χ0v) is 16.4. The lowest BCUT2D eigenvalue weighted by Gasteiger charge is -2.17. The Morgan fingerprint density at radius 3 is 2.56 bits per heavy atom. The van der Waals surface area contributed by atoms with E-state index in [1.807, 2.05) is 30.3 Å². The number of halogens is 1. The minimum Gasteiger partial charge on any atom is -1.00 e. The van der Waals surface area contributed by atoms with Gasteiger partial charge in [0.1, 0.15) is 12.1 Å². The quantitative estimate of drug-likeness (QED) is 0.617. The first-order valence-electron chi connectivity index (χ1n) is 8.08. The van der Waals surface area contributed by atoms with Crippen molar-refractivity contribution in [2.75, 3.05) is 6.54 Å². The van der Waals surface area contributed by atoms with Crippen molar-refractivity contribution >= 4 is 28.2 Å². The van der Waals surface area contributed by atoms with E-state index in [0.29, 0.717) is 0 Å². The minimum absolute atomic E-state index is 0. The highest BCUT2D eigenvalue weighted by Crippen LogP contribution is 2.28. The number of benzene rings is 1. The van der Waals surface area contributed by atoms with Crippen LogP contribution in [0.4, 0.5) is 0 Å². The van der Waals surface area contributed by atoms with Crippen molar-refractivity contribution in [3.8, 4) is 0 Å². The van der Waals surface area contributed by atoms with Crippen LogP contribution in [0.5, 0.6) is 0 Å². The first-order valence-corrected chi connectivity index (χ1v) is 9.91. The van der Waals surface area contributed by atoms with E-state index >= 15 is 0 Å². The molecule has 0 fully saturated rings. The predicted octanol–water partition coefficient (Wildman–Crippen LogP) is 0.931. The molecule has 0 aliphatic heterocycles. The van der Waals surface area contributed by atoms with Crippen LogP contribution in [0.1, 0.15) is 29.0 Å². The topological polar surface area (TPSA) is 36.8 Å². The van der Waals surface area contributed by atoms with Crippen molar-refractivity contribution in [3.05, 3.63) is 86.8 Å². The Kier molecular flexibility index (Phi) is 7.88. The number of rotatable bonds is 7. The molecule has 0 saturated heterocycles. The number of hydrogen-bond acceptors (Lipinski definition) is 3. The standard InChI is InChI=1S/C20H21NOS2.ClH/c1-15(20(22)16-6-3-2-4-7-16)21-11-9-18(17-10-13-23-14-17)19-8-5-12-24-19;/h2-10,12-15,20-22H,11H2,1H3;1H/b18-9-;. The van der Waals surface area contributed by atoms with Crippen molar-refractivity contribution in [1.82, 2.24) is 0 Å². The van der Waals surface area contributed by atoms with Crippen molar-refractivity contribution < 1.29 is 22.8 Å². The first-order chi connectivity index (χ1) is 11.8. The molecule has 1 aromatic carbocycles. The second-order valence-electron chi connectivity index (χ2n) is 5.79. The van der Waals surface area contributed by atoms with Crippen LogP contribution in [0.25, 0.3) is 5.57 Å². The van der Waals surface area contributed by atoms with Gasteiger partial charge in [0, 0.05) is 10.5 Å². The summed E-state index contributed by atoms with van der Waals surface area (Å²) in [6.07, 6.45) is 1.81. The average Bonchev–Trinajstić information content (AvgIpc) is 3.32. The Bertz CT molecular complexity index is 718. The summed E-state index contributed by atoms with van der Waals surface area (Å²) in [5.74, 6) is 0. The van der Waals surface area contributed by atoms with Gasteiger partial charge in [-0.3, -0.25) is 0 Å². The Labute approximate surface area is 163 Å². The molecule has 2 atom stereocenters. The highest BCUT2D eigenvalue weighted by Gasteiger charge is 2.18. The molecule has 0 radical (unpaired) electrons. The number of quaternary nitrogens is 1. The predicted molar refractivity (Wildman–Crippen MR) is 103 cm³/mol. The summed E-state index contributed by atoms with van der Waals surface area (Å²) in [7, 11) is 0. The van der Waals surface area contributed by atoms with Gasteiger partial charge >= 0.3 is 0 Å². The molecule has 132 valence electrons. The van der Waals surface area contributed by atoms with Gasteiger partial charge in [-0.15, -0.1) is 11.3 Å². The Balaban J connectivity index is 0.00000225. The van der Waals surface area contributed by atoms with Crippen molar-refractivity contribution in [2.45, 2.75) is 19.1 Å². The third kappa shape index (κ3) is 5.27. The molecule has 2 unspecified atom stereocenters. The van der Waals surface area contributed by atoms with Gasteiger partial charge in [-0.2, -0.15) is 11.3 Å². The van der Waals surface area contributed by atoms with E-state index in [4.69, 9.17) is 0 Å². The highest BCUT2D eigenvalue weighted by molar-refractivity contribution is 7.11. The van der Waals surface area contributed by atoms with E-state index in [9.17, 15) is 5.11 Å². The molecule has 2 aromatic heterocycles. The third-order valence-corrected chi connectivity index (χ3v) is 5.67. The van der Waals surface area contributed by atoms with Crippen LogP contribution in [-0.2, 0) is 0 Å². The molecule has 5 heteroatoms. The largest absolute Gasteiger partial charge is 1.00 e. The summed E-state index contributed by atoms with van der Waals surface area (Å²) in [5.41, 5.74) is 3.53. The van der Waals surface area contributed by atoms with Gasteiger partial charge in [0.05, 0.1) is 6.54 Å². The molecule has 2 heterocycles. The van der Waals surface area contributed by atoms with E-state index in [0.717, 1.165) is 12.1 Å². The summed E-state index contributed by atoms with van der Waals surface area (Å²) in [6.45, 7) is 2.91. The number of aliphatic hydroxyl groups is 1. The molecule has 0 spiro atoms. The Morgan fingerprint density at radius 1 is 1.12 bits per heavy atom. The number of hydrogen-bond donors (Lipinski definition) is 2. The molecule has 25 heavy (non-hydrogen) atoms. The SMILES string of the molecule is CC([NH2+]C/C=C(/c1ccsc1)c1cccs1)C(O)c1ccccc1.[Cl-]. The lowest BCUT2D eigenvalue weighted by atomic mass is 10.0. The second kappa shape index (κ2) is 9.90. The van der Waals surface area contributed by atoms with E-state index in [2.05, 4.69) is 52.7 Å². The summed E-state index contributed by atoms with van der Waals surface area (Å²) in [6, 6.07) is 16.4. The van der Waals surface area contributed by atoms with Gasteiger partial charge in [-0.1, -0.05) is 36.4 Å². The summed E-state index contributed by atoms with van der Waals surface area (Å²) < 4.78 is 0. The number of thiophene rings is 2. The third-order valence-electron chi connectivity index (χ3n) is 4.09. The van der Waals surface area contributed by atoms with E-state index < -0.39 is 6.10 Å². The second-order valence-corrected chi connectivity index (χ2v) is 7.52. The molecular formula is C20H22ClNOS2. The summed E-state index contributed by atoms with van der Waals surface area (Å²) in [5, 5.41) is 19.1. The zero-order valence-electron chi connectivity index (χ0n) is 14.0. The minimum atomic E-state index is -0.453. The maximum absolute atomic E-state index is 10.5. The Hall–Kier alpha value is -1.43. The van der Waals surface area contributed by atoms with Crippen molar-refractivity contribution in [3.63, 3.8) is 0 Å². The molecule has 0 aliphatic rings. The van der Waals surface area contributed by atoms with Gasteiger partial charge in [0.2, 0.25) is 0 Å². The number of aliphatic hydroxyl groups excluding tert-OH is 1. The Morgan fingerprint density at radius 2 is 1.92 bits per heavy atom. The molecule has 3 aromatic rings. The molecular weight excluding hydrogens is 370 g/mol. The fourth-order valence-electron chi connectivity index (χ4n) is 2.69. The summed E-state index contributed by atoms with van der Waals surface area (Å²) >= 11 is 3.49. The lowest BCUT2D eigenvalue weighted by molar-refractivity contribution is -0.686. The lowest BCUT2D eigenvalue weighted by Crippen LogP contribution is -3.00. The van der Waals surface area contributed by atoms with Crippen LogP contribution in [0.3, 0.4) is 0 Å². The molecule has 0 bridgehead atoms. The maximum Gasteiger partial charge on any atom is 0.130 e. The van der Waals surface area contributed by atoms with Crippen LogP contribution in [0.2, 0.25) is 0 Å². The summed E-state index contributed by atoms with van der Waals surface area (Å²) in [4.78, 5) is 1.29. The average molecular weight is 392 g/mol. The molecule has 3 rings (SSSR count). The molecule has 0 saturated carbocycles. The van der Waals surface area contributed by atoms with E-state index in [-0.39, 0.29) is 18.4 Å². The van der Waals surface area contributed by atoms with E-state index in [1.165, 1.54) is 16.0 Å². The monoisotopic (exact) mass is 391 g/mol. The van der Waals surface area contributed by atoms with Crippen molar-refractivity contribution in [2.24, 2.45) is 0 Å². The zero-order chi connectivity index (χ0) is 16.8. The van der Waals surface area contributed by atoms with Crippen LogP contribution >= 0.6 is 22.7 Å². The van der Waals surface area contributed by atoms with Crippen LogP contribution in [0, 0.1) is 0 Å². The van der Waals surface area contributed by atoms with Gasteiger partial charge in [0.15, 0.2) is 0 Å². The van der Waals surface area contributed by atoms with Gasteiger partial charge < -0.3 is 22.8 Å².